The summed E-state index contributed by atoms with van der Waals surface area (Å²) >= 11 is 0. The molecule has 0 unspecified atom stereocenters. The summed E-state index contributed by atoms with van der Waals surface area (Å²) in [5.41, 5.74) is 2.25. The lowest BCUT2D eigenvalue weighted by Crippen LogP contribution is -1.97. The maximum Gasteiger partial charge on any atom is 0.170 e. The van der Waals surface area contributed by atoms with E-state index in [1.165, 1.54) is 6.07 Å². The van der Waals surface area contributed by atoms with Crippen molar-refractivity contribution in [1.29, 1.82) is 0 Å². The summed E-state index contributed by atoms with van der Waals surface area (Å²) in [7, 11) is 0. The predicted octanol–water partition coefficient (Wildman–Crippen LogP) is 7.00. The van der Waals surface area contributed by atoms with Crippen LogP contribution in [0.2, 0.25) is 0 Å². The molecular weight excluding hydrogens is 333 g/mol. The van der Waals surface area contributed by atoms with Gasteiger partial charge in [-0.25, -0.2) is 13.2 Å². The number of allylic oxidation sites excluding steroid dienone is 2. The van der Waals surface area contributed by atoms with E-state index < -0.39 is 17.5 Å². The van der Waals surface area contributed by atoms with Gasteiger partial charge in [0.05, 0.1) is 5.39 Å². The molecule has 0 bridgehead atoms. The van der Waals surface area contributed by atoms with Crippen molar-refractivity contribution < 1.29 is 13.2 Å². The topological polar surface area (TPSA) is 0 Å². The molecule has 134 valence electrons. The fraction of sp³-hybridized carbons (Fsp3) is 0.217. The second-order valence-electron chi connectivity index (χ2n) is 6.35. The number of halogens is 3. The minimum Gasteiger partial charge on any atom is -0.206 e. The average molecular weight is 354 g/mol. The van der Waals surface area contributed by atoms with E-state index in [0.717, 1.165) is 18.4 Å². The summed E-state index contributed by atoms with van der Waals surface area (Å²) in [5, 5.41) is 0.0966. The second kappa shape index (κ2) is 7.77. The minimum atomic E-state index is -1.12. The van der Waals surface area contributed by atoms with E-state index in [0.29, 0.717) is 22.9 Å². The summed E-state index contributed by atoms with van der Waals surface area (Å²) < 4.78 is 43.6. The van der Waals surface area contributed by atoms with Gasteiger partial charge in [-0.15, -0.1) is 0 Å². The van der Waals surface area contributed by atoms with E-state index in [-0.39, 0.29) is 10.9 Å². The van der Waals surface area contributed by atoms with Crippen molar-refractivity contribution in [2.75, 3.05) is 0 Å². The Morgan fingerprint density at radius 1 is 0.885 bits per heavy atom. The zero-order valence-electron chi connectivity index (χ0n) is 15.0. The van der Waals surface area contributed by atoms with E-state index in [4.69, 9.17) is 0 Å². The Bertz CT molecular complexity index is 954. The molecule has 0 heterocycles. The lowest BCUT2D eigenvalue weighted by molar-refractivity contribution is 0.513. The standard InChI is InChI=1S/C23H21F3/c1-3-5-6-7-15-8-10-17(11-9-15)19-14-18-13-12-16(4-2)21(24)20(18)23(26)22(19)25/h3,5,8-14H,4,6-7H2,1-2H3/b5-3+. The molecule has 0 radical (unpaired) electrons. The zero-order valence-corrected chi connectivity index (χ0v) is 15.0. The molecule has 0 spiro atoms. The molecular formula is C23H21F3. The molecule has 0 saturated heterocycles. The largest absolute Gasteiger partial charge is 0.206 e. The molecule has 0 nitrogen and oxygen atoms in total. The quantitative estimate of drug-likeness (QED) is 0.433. The van der Waals surface area contributed by atoms with Crippen LogP contribution in [0, 0.1) is 17.5 Å². The van der Waals surface area contributed by atoms with Crippen LogP contribution < -0.4 is 0 Å². The van der Waals surface area contributed by atoms with Crippen molar-refractivity contribution in [3.8, 4) is 11.1 Å². The van der Waals surface area contributed by atoms with Crippen LogP contribution in [0.3, 0.4) is 0 Å². The molecule has 3 rings (SSSR count). The zero-order chi connectivity index (χ0) is 18.7. The number of benzene rings is 3. The van der Waals surface area contributed by atoms with Gasteiger partial charge in [-0.1, -0.05) is 55.5 Å². The van der Waals surface area contributed by atoms with Crippen molar-refractivity contribution >= 4 is 10.8 Å². The molecule has 0 aliphatic carbocycles. The Hall–Kier alpha value is -2.55. The van der Waals surface area contributed by atoms with Crippen LogP contribution in [0.25, 0.3) is 21.9 Å². The highest BCUT2D eigenvalue weighted by Crippen LogP contribution is 2.33. The van der Waals surface area contributed by atoms with Crippen molar-refractivity contribution in [2.45, 2.75) is 33.1 Å². The molecule has 26 heavy (non-hydrogen) atoms. The van der Waals surface area contributed by atoms with Gasteiger partial charge < -0.3 is 0 Å². The lowest BCUT2D eigenvalue weighted by atomic mass is 9.96. The highest BCUT2D eigenvalue weighted by molar-refractivity contribution is 5.89. The maximum atomic E-state index is 14.6. The first-order valence-corrected chi connectivity index (χ1v) is 8.86. The lowest BCUT2D eigenvalue weighted by Gasteiger charge is -2.11. The van der Waals surface area contributed by atoms with Crippen LogP contribution in [-0.2, 0) is 12.8 Å². The molecule has 0 N–H and O–H groups in total. The van der Waals surface area contributed by atoms with Crippen molar-refractivity contribution in [3.63, 3.8) is 0 Å². The summed E-state index contributed by atoms with van der Waals surface area (Å²) in [4.78, 5) is 0. The Labute approximate surface area is 152 Å². The van der Waals surface area contributed by atoms with Crippen molar-refractivity contribution in [2.24, 2.45) is 0 Å². The molecule has 0 aromatic heterocycles. The van der Waals surface area contributed by atoms with Gasteiger partial charge in [-0.05, 0) is 54.3 Å². The summed E-state index contributed by atoms with van der Waals surface area (Å²) in [6.07, 6.45) is 6.35. The van der Waals surface area contributed by atoms with Gasteiger partial charge >= 0.3 is 0 Å². The van der Waals surface area contributed by atoms with Crippen molar-refractivity contribution in [3.05, 3.63) is 83.2 Å². The van der Waals surface area contributed by atoms with E-state index in [1.807, 2.05) is 25.1 Å². The number of hydrogen-bond donors (Lipinski definition) is 0. The van der Waals surface area contributed by atoms with E-state index in [1.54, 1.807) is 31.2 Å². The van der Waals surface area contributed by atoms with Crippen LogP contribution >= 0.6 is 0 Å². The average Bonchev–Trinajstić information content (AvgIpc) is 2.65. The smallest absolute Gasteiger partial charge is 0.170 e. The van der Waals surface area contributed by atoms with Crippen molar-refractivity contribution in [1.82, 2.24) is 0 Å². The monoisotopic (exact) mass is 354 g/mol. The van der Waals surface area contributed by atoms with Crippen LogP contribution in [0.4, 0.5) is 13.2 Å². The normalized spacial score (nSPS) is 11.6. The van der Waals surface area contributed by atoms with Gasteiger partial charge in [0.15, 0.2) is 11.6 Å². The maximum absolute atomic E-state index is 14.6. The van der Waals surface area contributed by atoms with Crippen LogP contribution in [0.1, 0.15) is 31.4 Å². The molecule has 3 aromatic rings. The highest BCUT2D eigenvalue weighted by atomic mass is 19.2. The molecule has 0 saturated carbocycles. The third kappa shape index (κ3) is 3.39. The minimum absolute atomic E-state index is 0.152. The van der Waals surface area contributed by atoms with Crippen LogP contribution in [0.5, 0.6) is 0 Å². The van der Waals surface area contributed by atoms with Gasteiger partial charge in [0.2, 0.25) is 0 Å². The Morgan fingerprint density at radius 3 is 2.27 bits per heavy atom. The van der Waals surface area contributed by atoms with E-state index in [9.17, 15) is 13.2 Å². The highest BCUT2D eigenvalue weighted by Gasteiger charge is 2.19. The summed E-state index contributed by atoms with van der Waals surface area (Å²) in [6.45, 7) is 3.76. The van der Waals surface area contributed by atoms with Gasteiger partial charge in [0.25, 0.3) is 0 Å². The predicted molar refractivity (Wildman–Crippen MR) is 102 cm³/mol. The molecule has 0 amide bonds. The third-order valence-electron chi connectivity index (χ3n) is 4.68. The van der Waals surface area contributed by atoms with Crippen LogP contribution in [-0.4, -0.2) is 0 Å². The molecule has 3 aromatic carbocycles. The Morgan fingerprint density at radius 2 is 1.62 bits per heavy atom. The molecule has 0 fully saturated rings. The number of hydrogen-bond acceptors (Lipinski definition) is 0. The fourth-order valence-electron chi connectivity index (χ4n) is 3.18. The fourth-order valence-corrected chi connectivity index (χ4v) is 3.18. The first-order chi connectivity index (χ1) is 12.6. The molecule has 0 atom stereocenters. The van der Waals surface area contributed by atoms with Gasteiger partial charge in [0.1, 0.15) is 5.82 Å². The number of fused-ring (bicyclic) bond motifs is 1. The second-order valence-corrected chi connectivity index (χ2v) is 6.35. The molecule has 3 heteroatoms. The molecule has 0 aliphatic heterocycles. The first-order valence-electron chi connectivity index (χ1n) is 8.86. The SMILES string of the molecule is C/C=C/CCc1ccc(-c2cc3ccc(CC)c(F)c3c(F)c2F)cc1. The Balaban J connectivity index is 2.04. The van der Waals surface area contributed by atoms with Gasteiger partial charge in [0, 0.05) is 5.56 Å². The van der Waals surface area contributed by atoms with Gasteiger partial charge in [-0.3, -0.25) is 0 Å². The first kappa shape index (κ1) is 18.2. The third-order valence-corrected chi connectivity index (χ3v) is 4.68. The molecule has 0 aliphatic rings. The Kier molecular flexibility index (Phi) is 5.46. The van der Waals surface area contributed by atoms with E-state index >= 15 is 0 Å². The summed E-state index contributed by atoms with van der Waals surface area (Å²) in [6, 6.07) is 12.2. The van der Waals surface area contributed by atoms with E-state index in [2.05, 4.69) is 6.08 Å². The number of rotatable bonds is 5. The summed E-state index contributed by atoms with van der Waals surface area (Å²) in [5.74, 6) is -2.80. The van der Waals surface area contributed by atoms with Crippen LogP contribution in [0.15, 0.2) is 54.6 Å². The van der Waals surface area contributed by atoms with Gasteiger partial charge in [-0.2, -0.15) is 0 Å². The number of aryl methyl sites for hydroxylation is 2.